The normalized spacial score (nSPS) is 11.3. The number of unbranched alkanes of at least 4 members (excludes halogenated alkanes) is 1. The fourth-order valence-electron chi connectivity index (χ4n) is 3.15. The summed E-state index contributed by atoms with van der Waals surface area (Å²) in [5.74, 6) is -0.402. The summed E-state index contributed by atoms with van der Waals surface area (Å²) >= 11 is 7.72. The van der Waals surface area contributed by atoms with E-state index in [0.717, 1.165) is 28.5 Å². The third kappa shape index (κ3) is 4.20. The average molecular weight is 443 g/mol. The van der Waals surface area contributed by atoms with E-state index < -0.39 is 5.97 Å². The summed E-state index contributed by atoms with van der Waals surface area (Å²) in [6.07, 6.45) is 4.59. The fraction of sp³-hybridized carbons (Fsp3) is 0.286. The van der Waals surface area contributed by atoms with Gasteiger partial charge < -0.3 is 4.74 Å². The molecule has 154 valence electrons. The lowest BCUT2D eigenvalue weighted by Crippen LogP contribution is -2.27. The number of fused-ring (bicyclic) bond motifs is 2. The van der Waals surface area contributed by atoms with Crippen molar-refractivity contribution in [2.24, 2.45) is 0 Å². The number of rotatable bonds is 7. The molecule has 0 atom stereocenters. The minimum Gasteiger partial charge on any atom is -0.465 e. The van der Waals surface area contributed by atoms with Crippen molar-refractivity contribution in [3.63, 3.8) is 0 Å². The highest BCUT2D eigenvalue weighted by Crippen LogP contribution is 2.29. The Bertz CT molecular complexity index is 1280. The first-order valence-corrected chi connectivity index (χ1v) is 10.8. The molecule has 3 aromatic heterocycles. The second-order valence-corrected chi connectivity index (χ2v) is 8.16. The summed E-state index contributed by atoms with van der Waals surface area (Å²) in [5, 5.41) is 8.03. The zero-order chi connectivity index (χ0) is 21.1. The topological polar surface area (TPSA) is 87.0 Å². The van der Waals surface area contributed by atoms with E-state index in [1.54, 1.807) is 11.3 Å². The minimum absolute atomic E-state index is 0.0740. The van der Waals surface area contributed by atoms with Gasteiger partial charge in [-0.1, -0.05) is 24.9 Å². The zero-order valence-corrected chi connectivity index (χ0v) is 17.9. The Kier molecular flexibility index (Phi) is 6.06. The molecular formula is C21H19ClN4O3S. The minimum atomic E-state index is -0.402. The number of carbonyl (C=O) groups is 1. The Morgan fingerprint density at radius 2 is 2.03 bits per heavy atom. The molecule has 0 unspecified atom stereocenters. The number of thiophene rings is 1. The third-order valence-corrected chi connectivity index (χ3v) is 5.91. The largest absolute Gasteiger partial charge is 0.465 e. The molecule has 7 nitrogen and oxygen atoms in total. The van der Waals surface area contributed by atoms with Crippen molar-refractivity contribution in [1.29, 1.82) is 0 Å². The fourth-order valence-corrected chi connectivity index (χ4v) is 4.26. The predicted octanol–water partition coefficient (Wildman–Crippen LogP) is 3.99. The molecule has 0 saturated carbocycles. The van der Waals surface area contributed by atoms with E-state index in [4.69, 9.17) is 16.3 Å². The van der Waals surface area contributed by atoms with Crippen LogP contribution in [0.1, 0.15) is 31.0 Å². The molecule has 3 heterocycles. The number of benzene rings is 1. The second kappa shape index (κ2) is 8.89. The van der Waals surface area contributed by atoms with Crippen molar-refractivity contribution in [2.45, 2.75) is 32.7 Å². The van der Waals surface area contributed by atoms with Crippen LogP contribution in [-0.4, -0.2) is 32.3 Å². The number of halogens is 1. The summed E-state index contributed by atoms with van der Waals surface area (Å²) < 4.78 is 7.65. The van der Waals surface area contributed by atoms with E-state index in [-0.39, 0.29) is 24.0 Å². The van der Waals surface area contributed by atoms with E-state index >= 15 is 0 Å². The molecule has 9 heteroatoms. The van der Waals surface area contributed by atoms with Gasteiger partial charge in [0.05, 0.1) is 19.6 Å². The number of aromatic nitrogens is 4. The summed E-state index contributed by atoms with van der Waals surface area (Å²) in [6.45, 7) is 2.62. The van der Waals surface area contributed by atoms with Crippen molar-refractivity contribution in [1.82, 2.24) is 19.7 Å². The summed E-state index contributed by atoms with van der Waals surface area (Å²) in [7, 11) is 0. The molecule has 0 saturated heterocycles. The Hall–Kier alpha value is -2.84. The van der Waals surface area contributed by atoms with Gasteiger partial charge in [0.2, 0.25) is 0 Å². The molecule has 0 radical (unpaired) electrons. The van der Waals surface area contributed by atoms with Crippen molar-refractivity contribution >= 4 is 50.0 Å². The highest BCUT2D eigenvalue weighted by molar-refractivity contribution is 7.17. The highest BCUT2D eigenvalue weighted by Gasteiger charge is 2.17. The molecule has 4 rings (SSSR count). The van der Waals surface area contributed by atoms with Gasteiger partial charge >= 0.3 is 5.97 Å². The van der Waals surface area contributed by atoms with Gasteiger partial charge in [0.25, 0.3) is 5.56 Å². The standard InChI is InChI=1S/C21H19ClN4O3S/c1-2-3-8-29-18(27)10-16-19-20(24-7-6-23-19)21(28)26(25-16)11-13-12-30-17-5-4-14(22)9-15(13)17/h4-7,9,12H,2-3,8,10-11H2,1H3. The highest BCUT2D eigenvalue weighted by atomic mass is 35.5. The average Bonchev–Trinajstić information content (AvgIpc) is 3.13. The quantitative estimate of drug-likeness (QED) is 0.317. The van der Waals surface area contributed by atoms with Crippen LogP contribution in [0.4, 0.5) is 0 Å². The maximum Gasteiger partial charge on any atom is 0.312 e. The van der Waals surface area contributed by atoms with Gasteiger partial charge in [-0.25, -0.2) is 9.67 Å². The number of carbonyl (C=O) groups excluding carboxylic acids is 1. The van der Waals surface area contributed by atoms with E-state index in [2.05, 4.69) is 15.1 Å². The molecule has 0 aliphatic heterocycles. The molecule has 0 spiro atoms. The first-order valence-electron chi connectivity index (χ1n) is 9.58. The summed E-state index contributed by atoms with van der Waals surface area (Å²) in [4.78, 5) is 33.6. The molecule has 4 aromatic rings. The van der Waals surface area contributed by atoms with Crippen LogP contribution >= 0.6 is 22.9 Å². The Morgan fingerprint density at radius 3 is 2.83 bits per heavy atom. The lowest BCUT2D eigenvalue weighted by Gasteiger charge is -2.10. The van der Waals surface area contributed by atoms with Crippen LogP contribution in [0.15, 0.2) is 40.8 Å². The third-order valence-electron chi connectivity index (χ3n) is 4.66. The summed E-state index contributed by atoms with van der Waals surface area (Å²) in [5.41, 5.74) is 1.44. The van der Waals surface area contributed by atoms with Gasteiger partial charge in [0.1, 0.15) is 11.2 Å². The molecule has 30 heavy (non-hydrogen) atoms. The maximum absolute atomic E-state index is 13.0. The van der Waals surface area contributed by atoms with Gasteiger partial charge in [-0.05, 0) is 40.9 Å². The number of nitrogens with zero attached hydrogens (tertiary/aromatic N) is 4. The van der Waals surface area contributed by atoms with E-state index in [0.29, 0.717) is 22.8 Å². The molecular weight excluding hydrogens is 424 g/mol. The van der Waals surface area contributed by atoms with Gasteiger partial charge in [-0.15, -0.1) is 11.3 Å². The molecule has 0 N–H and O–H groups in total. The number of hydrogen-bond acceptors (Lipinski definition) is 7. The lowest BCUT2D eigenvalue weighted by atomic mass is 10.2. The lowest BCUT2D eigenvalue weighted by molar-refractivity contribution is -0.143. The van der Waals surface area contributed by atoms with Gasteiger partial charge in [0, 0.05) is 22.1 Å². The van der Waals surface area contributed by atoms with Crippen LogP contribution in [0.25, 0.3) is 21.1 Å². The molecule has 0 bridgehead atoms. The Balaban J connectivity index is 1.72. The van der Waals surface area contributed by atoms with E-state index in [9.17, 15) is 9.59 Å². The molecule has 0 aliphatic rings. The monoisotopic (exact) mass is 442 g/mol. The molecule has 1 aromatic carbocycles. The molecule has 0 fully saturated rings. The smallest absolute Gasteiger partial charge is 0.312 e. The van der Waals surface area contributed by atoms with Gasteiger partial charge in [0.15, 0.2) is 5.52 Å². The SMILES string of the molecule is CCCCOC(=O)Cc1nn(Cc2csc3ccc(Cl)cc23)c(=O)c2nccnc12. The maximum atomic E-state index is 13.0. The van der Waals surface area contributed by atoms with Crippen molar-refractivity contribution in [3.8, 4) is 0 Å². The van der Waals surface area contributed by atoms with Crippen molar-refractivity contribution in [3.05, 3.63) is 62.6 Å². The first-order chi connectivity index (χ1) is 14.6. The molecule has 0 amide bonds. The van der Waals surface area contributed by atoms with Crippen molar-refractivity contribution in [2.75, 3.05) is 6.61 Å². The van der Waals surface area contributed by atoms with E-state index in [1.807, 2.05) is 30.5 Å². The van der Waals surface area contributed by atoms with Crippen molar-refractivity contribution < 1.29 is 9.53 Å². The summed E-state index contributed by atoms with van der Waals surface area (Å²) in [6, 6.07) is 5.66. The van der Waals surface area contributed by atoms with Crippen LogP contribution in [0, 0.1) is 0 Å². The van der Waals surface area contributed by atoms with Gasteiger partial charge in [-0.3, -0.25) is 14.6 Å². The second-order valence-electron chi connectivity index (χ2n) is 6.82. The molecule has 0 aliphatic carbocycles. The van der Waals surface area contributed by atoms with Crippen LogP contribution in [0.5, 0.6) is 0 Å². The Morgan fingerprint density at radius 1 is 1.23 bits per heavy atom. The number of hydrogen-bond donors (Lipinski definition) is 0. The van der Waals surface area contributed by atoms with Crippen LogP contribution in [0.3, 0.4) is 0 Å². The number of ether oxygens (including phenoxy) is 1. The number of esters is 1. The zero-order valence-electron chi connectivity index (χ0n) is 16.3. The Labute approximate surface area is 181 Å². The first kappa shape index (κ1) is 20.4. The van der Waals surface area contributed by atoms with Crippen LogP contribution < -0.4 is 5.56 Å². The predicted molar refractivity (Wildman–Crippen MR) is 117 cm³/mol. The van der Waals surface area contributed by atoms with E-state index in [1.165, 1.54) is 17.1 Å². The van der Waals surface area contributed by atoms with Crippen LogP contribution in [-0.2, 0) is 22.5 Å². The van der Waals surface area contributed by atoms with Crippen LogP contribution in [0.2, 0.25) is 5.02 Å². The van der Waals surface area contributed by atoms with Gasteiger partial charge in [-0.2, -0.15) is 5.10 Å².